The topological polar surface area (TPSA) is 89.8 Å². The predicted octanol–water partition coefficient (Wildman–Crippen LogP) is 3.83. The van der Waals surface area contributed by atoms with Gasteiger partial charge >= 0.3 is 12.0 Å². The highest BCUT2D eigenvalue weighted by atomic mass is 16.5. The van der Waals surface area contributed by atoms with Crippen molar-refractivity contribution in [1.29, 1.82) is 0 Å². The molecule has 2 heterocycles. The fourth-order valence-corrected chi connectivity index (χ4v) is 2.98. The molecule has 0 saturated heterocycles. The van der Waals surface area contributed by atoms with E-state index in [1.165, 1.54) is 6.26 Å². The Morgan fingerprint density at radius 3 is 2.79 bits per heavy atom. The van der Waals surface area contributed by atoms with Crippen molar-refractivity contribution in [3.05, 3.63) is 65.3 Å². The minimum Gasteiger partial charge on any atom is -0.493 e. The summed E-state index contributed by atoms with van der Waals surface area (Å²) < 4.78 is 16.5. The Hall–Kier alpha value is -3.22. The minimum atomic E-state index is -0.671. The van der Waals surface area contributed by atoms with Gasteiger partial charge in [-0.15, -0.1) is 0 Å². The van der Waals surface area contributed by atoms with Crippen LogP contribution >= 0.6 is 0 Å². The lowest BCUT2D eigenvalue weighted by Gasteiger charge is -2.29. The van der Waals surface area contributed by atoms with Crippen molar-refractivity contribution >= 4 is 12.0 Å². The number of carbonyl (C=O) groups is 2. The number of para-hydroxylation sites is 1. The van der Waals surface area contributed by atoms with Gasteiger partial charge in [-0.25, -0.2) is 9.59 Å². The number of nitrogens with one attached hydrogen (secondary N) is 2. The maximum Gasteiger partial charge on any atom is 0.338 e. The average molecular weight is 384 g/mol. The molecule has 3 rings (SSSR count). The summed E-state index contributed by atoms with van der Waals surface area (Å²) in [4.78, 5) is 24.9. The van der Waals surface area contributed by atoms with Crippen LogP contribution < -0.4 is 15.4 Å². The van der Waals surface area contributed by atoms with Crippen LogP contribution in [0.2, 0.25) is 0 Å². The van der Waals surface area contributed by atoms with E-state index in [1.54, 1.807) is 19.1 Å². The number of amides is 2. The molecule has 0 aliphatic carbocycles. The monoisotopic (exact) mass is 384 g/mol. The molecule has 28 heavy (non-hydrogen) atoms. The third-order valence-corrected chi connectivity index (χ3v) is 4.40. The van der Waals surface area contributed by atoms with E-state index in [0.717, 1.165) is 12.8 Å². The fourth-order valence-electron chi connectivity index (χ4n) is 2.98. The van der Waals surface area contributed by atoms with E-state index in [0.29, 0.717) is 35.0 Å². The molecule has 0 radical (unpaired) electrons. The van der Waals surface area contributed by atoms with E-state index < -0.39 is 12.0 Å². The molecule has 7 heteroatoms. The summed E-state index contributed by atoms with van der Waals surface area (Å²) in [6.45, 7) is 4.34. The van der Waals surface area contributed by atoms with Crippen LogP contribution in [0.1, 0.15) is 44.1 Å². The van der Waals surface area contributed by atoms with Gasteiger partial charge in [0.15, 0.2) is 0 Å². The third-order valence-electron chi connectivity index (χ3n) is 4.40. The Bertz CT molecular complexity index is 857. The van der Waals surface area contributed by atoms with E-state index in [9.17, 15) is 9.59 Å². The molecule has 1 aromatic carbocycles. The van der Waals surface area contributed by atoms with Crippen molar-refractivity contribution in [2.24, 2.45) is 0 Å². The van der Waals surface area contributed by atoms with E-state index in [2.05, 4.69) is 17.6 Å². The van der Waals surface area contributed by atoms with Crippen LogP contribution in [0.3, 0.4) is 0 Å². The Balaban J connectivity index is 1.86. The lowest BCUT2D eigenvalue weighted by Crippen LogP contribution is -2.45. The maximum absolute atomic E-state index is 12.8. The Kier molecular flexibility index (Phi) is 6.37. The number of unbranched alkanes of at least 4 members (excludes halogenated alkanes) is 1. The summed E-state index contributed by atoms with van der Waals surface area (Å²) in [6, 6.07) is 9.78. The van der Waals surface area contributed by atoms with Gasteiger partial charge in [-0.1, -0.05) is 31.5 Å². The molecule has 1 atom stereocenters. The number of carbonyl (C=O) groups excluding carboxylic acids is 2. The largest absolute Gasteiger partial charge is 0.493 e. The molecule has 0 spiro atoms. The number of furan rings is 1. The summed E-state index contributed by atoms with van der Waals surface area (Å²) in [5.41, 5.74) is 1.48. The zero-order valence-electron chi connectivity index (χ0n) is 16.0. The number of urea groups is 1. The molecule has 0 bridgehead atoms. The van der Waals surface area contributed by atoms with Gasteiger partial charge in [0.1, 0.15) is 18.1 Å². The number of hydrogen-bond donors (Lipinski definition) is 2. The zero-order chi connectivity index (χ0) is 19.9. The van der Waals surface area contributed by atoms with Gasteiger partial charge in [0.2, 0.25) is 0 Å². The summed E-state index contributed by atoms with van der Waals surface area (Å²) in [5.74, 6) is 0.640. The zero-order valence-corrected chi connectivity index (χ0v) is 16.0. The second-order valence-electron chi connectivity index (χ2n) is 6.47. The van der Waals surface area contributed by atoms with Crippen LogP contribution in [0.4, 0.5) is 4.79 Å². The average Bonchev–Trinajstić information content (AvgIpc) is 3.20. The molecule has 0 unspecified atom stereocenters. The van der Waals surface area contributed by atoms with Crippen LogP contribution in [0.15, 0.2) is 58.3 Å². The molecule has 1 aliphatic rings. The Morgan fingerprint density at radius 2 is 2.04 bits per heavy atom. The van der Waals surface area contributed by atoms with Crippen molar-refractivity contribution in [2.45, 2.75) is 39.3 Å². The van der Waals surface area contributed by atoms with Crippen LogP contribution in [-0.2, 0) is 16.1 Å². The number of rotatable bonds is 8. The normalized spacial score (nSPS) is 16.4. The lowest BCUT2D eigenvalue weighted by molar-refractivity contribution is -0.141. The fraction of sp³-hybridized carbons (Fsp3) is 0.333. The highest BCUT2D eigenvalue weighted by Gasteiger charge is 2.34. The highest BCUT2D eigenvalue weighted by molar-refractivity contribution is 5.95. The van der Waals surface area contributed by atoms with Crippen LogP contribution in [0.5, 0.6) is 5.75 Å². The van der Waals surface area contributed by atoms with E-state index in [4.69, 9.17) is 13.9 Å². The summed E-state index contributed by atoms with van der Waals surface area (Å²) in [7, 11) is 0. The van der Waals surface area contributed by atoms with Gasteiger partial charge in [-0.3, -0.25) is 0 Å². The summed E-state index contributed by atoms with van der Waals surface area (Å²) >= 11 is 0. The van der Waals surface area contributed by atoms with Crippen molar-refractivity contribution in [3.63, 3.8) is 0 Å². The van der Waals surface area contributed by atoms with E-state index in [1.807, 2.05) is 24.3 Å². The molecular weight excluding hydrogens is 360 g/mol. The first-order valence-electron chi connectivity index (χ1n) is 9.29. The van der Waals surface area contributed by atoms with Crippen molar-refractivity contribution < 1.29 is 23.5 Å². The van der Waals surface area contributed by atoms with Gasteiger partial charge in [-0.2, -0.15) is 0 Å². The van der Waals surface area contributed by atoms with E-state index >= 15 is 0 Å². The van der Waals surface area contributed by atoms with Crippen LogP contribution in [0.25, 0.3) is 0 Å². The highest BCUT2D eigenvalue weighted by Crippen LogP contribution is 2.33. The summed E-state index contributed by atoms with van der Waals surface area (Å²) in [6.07, 6.45) is 3.44. The Morgan fingerprint density at radius 1 is 1.21 bits per heavy atom. The first-order chi connectivity index (χ1) is 13.6. The molecule has 1 aliphatic heterocycles. The Labute approximate surface area is 163 Å². The second-order valence-corrected chi connectivity index (χ2v) is 6.47. The smallest absolute Gasteiger partial charge is 0.338 e. The first kappa shape index (κ1) is 19.5. The number of allylic oxidation sites excluding steroid dienone is 1. The van der Waals surface area contributed by atoms with Crippen LogP contribution in [0, 0.1) is 0 Å². The minimum absolute atomic E-state index is 0.0118. The van der Waals surface area contributed by atoms with Gasteiger partial charge in [0.25, 0.3) is 0 Å². The molecule has 148 valence electrons. The SMILES string of the molecule is CCCCOc1ccccc1[C@@H]1NC(=O)NC(C)=C1C(=O)OCc1ccco1. The quantitative estimate of drug-likeness (QED) is 0.533. The van der Waals surface area contributed by atoms with Crippen molar-refractivity contribution in [1.82, 2.24) is 10.6 Å². The van der Waals surface area contributed by atoms with E-state index in [-0.39, 0.29) is 12.6 Å². The van der Waals surface area contributed by atoms with Crippen molar-refractivity contribution in [2.75, 3.05) is 6.61 Å². The van der Waals surface area contributed by atoms with Gasteiger partial charge in [0.05, 0.1) is 24.5 Å². The van der Waals surface area contributed by atoms with Gasteiger partial charge < -0.3 is 24.5 Å². The molecule has 2 N–H and O–H groups in total. The second kappa shape index (κ2) is 9.12. The predicted molar refractivity (Wildman–Crippen MR) is 102 cm³/mol. The number of hydrogen-bond acceptors (Lipinski definition) is 5. The molecule has 2 amide bonds. The molecule has 1 aromatic heterocycles. The van der Waals surface area contributed by atoms with Crippen LogP contribution in [-0.4, -0.2) is 18.6 Å². The summed E-state index contributed by atoms with van der Waals surface area (Å²) in [5, 5.41) is 5.45. The molecular formula is C21H24N2O5. The van der Waals surface area contributed by atoms with Gasteiger partial charge in [-0.05, 0) is 31.5 Å². The number of ether oxygens (including phenoxy) is 2. The van der Waals surface area contributed by atoms with Gasteiger partial charge in [0, 0.05) is 11.3 Å². The molecule has 0 saturated carbocycles. The molecule has 7 nitrogen and oxygen atoms in total. The van der Waals surface area contributed by atoms with Crippen molar-refractivity contribution in [3.8, 4) is 5.75 Å². The maximum atomic E-state index is 12.8. The first-order valence-corrected chi connectivity index (χ1v) is 9.29. The third kappa shape index (κ3) is 4.54. The molecule has 0 fully saturated rings. The lowest BCUT2D eigenvalue weighted by atomic mass is 9.95. The number of benzene rings is 1. The molecule has 2 aromatic rings. The standard InChI is InChI=1S/C21H24N2O5/c1-3-4-11-27-17-10-6-5-9-16(17)19-18(14(2)22-21(25)23-19)20(24)28-13-15-8-7-12-26-15/h5-10,12,19H,3-4,11,13H2,1-2H3,(H2,22,23,25)/t19-/m0/s1. The number of esters is 1.